The Balaban J connectivity index is 1.48. The summed E-state index contributed by atoms with van der Waals surface area (Å²) in [5.41, 5.74) is 1.94. The van der Waals surface area contributed by atoms with Gasteiger partial charge in [-0.15, -0.1) is 0 Å². The van der Waals surface area contributed by atoms with E-state index >= 15 is 0 Å². The van der Waals surface area contributed by atoms with E-state index < -0.39 is 0 Å². The first-order valence-electron chi connectivity index (χ1n) is 8.32. The average molecular weight is 317 g/mol. The third kappa shape index (κ3) is 2.87. The lowest BCUT2D eigenvalue weighted by atomic mass is 9.96. The molecule has 3 heterocycles. The lowest BCUT2D eigenvalue weighted by molar-refractivity contribution is 0.0786. The van der Waals surface area contributed by atoms with Crippen LogP contribution in [-0.4, -0.2) is 33.9 Å². The van der Waals surface area contributed by atoms with Gasteiger partial charge < -0.3 is 4.90 Å². The monoisotopic (exact) mass is 317 g/mol. The summed E-state index contributed by atoms with van der Waals surface area (Å²) in [6, 6.07) is 12.0. The molecule has 0 unspecified atom stereocenters. The molecule has 1 aliphatic rings. The molecular weight excluding hydrogens is 298 g/mol. The lowest BCUT2D eigenvalue weighted by Gasteiger charge is -2.16. The smallest absolute Gasteiger partial charge is 0.255 e. The molecule has 0 N–H and O–H groups in total. The van der Waals surface area contributed by atoms with Crippen LogP contribution in [0.2, 0.25) is 0 Å². The summed E-state index contributed by atoms with van der Waals surface area (Å²) in [5.74, 6) is 0.569. The molecule has 3 aromatic rings. The second kappa shape index (κ2) is 6.40. The number of carbonyl (C=O) groups excluding carboxylic acids is 1. The van der Waals surface area contributed by atoms with E-state index in [9.17, 15) is 4.79 Å². The maximum Gasteiger partial charge on any atom is 0.255 e. The summed E-state index contributed by atoms with van der Waals surface area (Å²) >= 11 is 0. The van der Waals surface area contributed by atoms with Gasteiger partial charge in [0.15, 0.2) is 0 Å². The molecule has 1 amide bonds. The zero-order chi connectivity index (χ0) is 16.4. The van der Waals surface area contributed by atoms with Crippen molar-refractivity contribution < 1.29 is 4.79 Å². The first kappa shape index (κ1) is 14.8. The van der Waals surface area contributed by atoms with Crippen molar-refractivity contribution in [3.05, 3.63) is 72.3 Å². The van der Waals surface area contributed by atoms with Crippen LogP contribution in [-0.2, 0) is 6.42 Å². The van der Waals surface area contributed by atoms with E-state index in [1.165, 1.54) is 16.3 Å². The van der Waals surface area contributed by atoms with Gasteiger partial charge in [0.05, 0.1) is 5.56 Å². The van der Waals surface area contributed by atoms with Crippen LogP contribution in [0, 0.1) is 5.92 Å². The number of hydrogen-bond acceptors (Lipinski definition) is 3. The summed E-state index contributed by atoms with van der Waals surface area (Å²) in [5, 5.41) is 2.45. The van der Waals surface area contributed by atoms with E-state index in [0.717, 1.165) is 25.9 Å². The van der Waals surface area contributed by atoms with Crippen molar-refractivity contribution in [1.82, 2.24) is 14.9 Å². The maximum atomic E-state index is 12.5. The van der Waals surface area contributed by atoms with Crippen LogP contribution < -0.4 is 0 Å². The zero-order valence-corrected chi connectivity index (χ0v) is 13.4. The Morgan fingerprint density at radius 2 is 2.00 bits per heavy atom. The minimum atomic E-state index is 0.0849. The van der Waals surface area contributed by atoms with Crippen molar-refractivity contribution in [2.75, 3.05) is 13.1 Å². The van der Waals surface area contributed by atoms with Gasteiger partial charge in [0.25, 0.3) is 5.91 Å². The fourth-order valence-electron chi connectivity index (χ4n) is 3.51. The SMILES string of the molecule is O=C(c1cccnc1)N1CC[C@H](Cc2cncc3ccccc23)C1. The Bertz CT molecular complexity index is 858. The molecule has 4 heteroatoms. The topological polar surface area (TPSA) is 46.1 Å². The number of benzene rings is 1. The van der Waals surface area contributed by atoms with Gasteiger partial charge in [-0.25, -0.2) is 0 Å². The van der Waals surface area contributed by atoms with Crippen molar-refractivity contribution in [3.8, 4) is 0 Å². The Morgan fingerprint density at radius 1 is 1.08 bits per heavy atom. The first-order valence-corrected chi connectivity index (χ1v) is 8.32. The number of carbonyl (C=O) groups is 1. The fraction of sp³-hybridized carbons (Fsp3) is 0.250. The molecule has 120 valence electrons. The molecule has 0 radical (unpaired) electrons. The van der Waals surface area contributed by atoms with Crippen molar-refractivity contribution in [3.63, 3.8) is 0 Å². The normalized spacial score (nSPS) is 17.3. The molecule has 1 aliphatic heterocycles. The van der Waals surface area contributed by atoms with E-state index in [2.05, 4.69) is 28.2 Å². The van der Waals surface area contributed by atoms with E-state index in [4.69, 9.17) is 0 Å². The van der Waals surface area contributed by atoms with E-state index in [0.29, 0.717) is 11.5 Å². The standard InChI is InChI=1S/C20H19N3O/c24-20(17-5-3-8-21-12-17)23-9-7-15(14-23)10-18-13-22-11-16-4-1-2-6-19(16)18/h1-6,8,11-13,15H,7,9-10,14H2/t15-/m1/s1. The molecule has 1 atom stereocenters. The Labute approximate surface area is 141 Å². The number of nitrogens with zero attached hydrogens (tertiary/aromatic N) is 3. The average Bonchev–Trinajstić information content (AvgIpc) is 3.11. The first-order chi connectivity index (χ1) is 11.8. The molecule has 0 saturated carbocycles. The predicted molar refractivity (Wildman–Crippen MR) is 93.7 cm³/mol. The van der Waals surface area contributed by atoms with Crippen LogP contribution in [0.4, 0.5) is 0 Å². The van der Waals surface area contributed by atoms with Gasteiger partial charge in [-0.05, 0) is 41.8 Å². The van der Waals surface area contributed by atoms with Crippen LogP contribution in [0.1, 0.15) is 22.3 Å². The van der Waals surface area contributed by atoms with Crippen LogP contribution >= 0.6 is 0 Å². The molecule has 24 heavy (non-hydrogen) atoms. The van der Waals surface area contributed by atoms with Crippen molar-refractivity contribution in [2.24, 2.45) is 5.92 Å². The highest BCUT2D eigenvalue weighted by molar-refractivity contribution is 5.94. The molecule has 0 spiro atoms. The summed E-state index contributed by atoms with van der Waals surface area (Å²) < 4.78 is 0. The van der Waals surface area contributed by atoms with Gasteiger partial charge in [0.2, 0.25) is 0 Å². The minimum Gasteiger partial charge on any atom is -0.338 e. The van der Waals surface area contributed by atoms with Gasteiger partial charge in [0.1, 0.15) is 0 Å². The van der Waals surface area contributed by atoms with Crippen LogP contribution in [0.15, 0.2) is 61.2 Å². The third-order valence-electron chi connectivity index (χ3n) is 4.74. The third-order valence-corrected chi connectivity index (χ3v) is 4.74. The maximum absolute atomic E-state index is 12.5. The predicted octanol–water partition coefficient (Wildman–Crippen LogP) is 3.33. The van der Waals surface area contributed by atoms with Gasteiger partial charge in [0, 0.05) is 43.3 Å². The highest BCUT2D eigenvalue weighted by atomic mass is 16.2. The summed E-state index contributed by atoms with van der Waals surface area (Å²) in [6.07, 6.45) is 9.21. The summed E-state index contributed by atoms with van der Waals surface area (Å²) in [6.45, 7) is 1.62. The van der Waals surface area contributed by atoms with E-state index in [1.807, 2.05) is 35.5 Å². The highest BCUT2D eigenvalue weighted by Gasteiger charge is 2.27. The second-order valence-corrected chi connectivity index (χ2v) is 6.37. The number of aromatic nitrogens is 2. The number of rotatable bonds is 3. The highest BCUT2D eigenvalue weighted by Crippen LogP contribution is 2.25. The van der Waals surface area contributed by atoms with Crippen molar-refractivity contribution in [1.29, 1.82) is 0 Å². The molecule has 0 aliphatic carbocycles. The van der Waals surface area contributed by atoms with Gasteiger partial charge in [-0.1, -0.05) is 24.3 Å². The Hall–Kier alpha value is -2.75. The number of fused-ring (bicyclic) bond motifs is 1. The minimum absolute atomic E-state index is 0.0849. The fourth-order valence-corrected chi connectivity index (χ4v) is 3.51. The number of hydrogen-bond donors (Lipinski definition) is 0. The van der Waals surface area contributed by atoms with Gasteiger partial charge in [-0.3, -0.25) is 14.8 Å². The zero-order valence-electron chi connectivity index (χ0n) is 13.4. The molecule has 1 aromatic carbocycles. The Kier molecular flexibility index (Phi) is 3.95. The second-order valence-electron chi connectivity index (χ2n) is 6.37. The number of likely N-dealkylation sites (tertiary alicyclic amines) is 1. The van der Waals surface area contributed by atoms with Crippen LogP contribution in [0.3, 0.4) is 0 Å². The summed E-state index contributed by atoms with van der Waals surface area (Å²) in [7, 11) is 0. The molecule has 2 aromatic heterocycles. The molecular formula is C20H19N3O. The number of pyridine rings is 2. The van der Waals surface area contributed by atoms with E-state index in [-0.39, 0.29) is 5.91 Å². The Morgan fingerprint density at radius 3 is 2.88 bits per heavy atom. The van der Waals surface area contributed by atoms with E-state index in [1.54, 1.807) is 12.4 Å². The molecule has 4 nitrogen and oxygen atoms in total. The van der Waals surface area contributed by atoms with Crippen molar-refractivity contribution >= 4 is 16.7 Å². The van der Waals surface area contributed by atoms with Crippen LogP contribution in [0.5, 0.6) is 0 Å². The molecule has 1 saturated heterocycles. The lowest BCUT2D eigenvalue weighted by Crippen LogP contribution is -2.29. The molecule has 4 rings (SSSR count). The van der Waals surface area contributed by atoms with Crippen LogP contribution in [0.25, 0.3) is 10.8 Å². The summed E-state index contributed by atoms with van der Waals surface area (Å²) in [4.78, 5) is 22.9. The molecule has 1 fully saturated rings. The van der Waals surface area contributed by atoms with Crippen molar-refractivity contribution in [2.45, 2.75) is 12.8 Å². The van der Waals surface area contributed by atoms with Gasteiger partial charge >= 0.3 is 0 Å². The largest absolute Gasteiger partial charge is 0.338 e. The quantitative estimate of drug-likeness (QED) is 0.744. The van der Waals surface area contributed by atoms with Gasteiger partial charge in [-0.2, -0.15) is 0 Å². The molecule has 0 bridgehead atoms. The number of amides is 1.